The molecule has 0 aromatic carbocycles. The van der Waals surface area contributed by atoms with Crippen LogP contribution in [0.4, 0.5) is 5.82 Å². The van der Waals surface area contributed by atoms with E-state index in [9.17, 15) is 4.79 Å². The Morgan fingerprint density at radius 1 is 1.43 bits per heavy atom. The van der Waals surface area contributed by atoms with Crippen LogP contribution in [0.2, 0.25) is 0 Å². The number of hydrogen-bond acceptors (Lipinski definition) is 5. The van der Waals surface area contributed by atoms with Crippen molar-refractivity contribution in [3.05, 3.63) is 17.8 Å². The second-order valence-corrected chi connectivity index (χ2v) is 7.64. The summed E-state index contributed by atoms with van der Waals surface area (Å²) in [5.74, 6) is 1.05. The molecule has 0 radical (unpaired) electrons. The van der Waals surface area contributed by atoms with Gasteiger partial charge in [0, 0.05) is 19.5 Å². The third-order valence-corrected chi connectivity index (χ3v) is 4.30. The molecular weight excluding hydrogens is 284 g/mol. The number of nitrogens with zero attached hydrogens (tertiary/aromatic N) is 3. The van der Waals surface area contributed by atoms with E-state index in [1.807, 2.05) is 16.3 Å². The molecule has 2 aromatic rings. The zero-order valence-corrected chi connectivity index (χ0v) is 13.4. The average Bonchev–Trinajstić information content (AvgIpc) is 2.96. The Labute approximate surface area is 128 Å². The van der Waals surface area contributed by atoms with Crippen molar-refractivity contribution in [3.8, 4) is 0 Å². The molecule has 0 saturated carbocycles. The summed E-state index contributed by atoms with van der Waals surface area (Å²) in [6.45, 7) is 7.99. The Hall–Kier alpha value is -1.69. The summed E-state index contributed by atoms with van der Waals surface area (Å²) in [7, 11) is 0. The number of amides is 1. The number of likely N-dealkylation sites (tertiary alicyclic amines) is 1. The van der Waals surface area contributed by atoms with Crippen molar-refractivity contribution >= 4 is 33.3 Å². The molecule has 0 bridgehead atoms. The number of anilines is 1. The molecule has 0 aliphatic carbocycles. The third-order valence-electron chi connectivity index (χ3n) is 3.48. The first kappa shape index (κ1) is 14.3. The molecular formula is C15H20N4OS. The van der Waals surface area contributed by atoms with Gasteiger partial charge in [-0.2, -0.15) is 0 Å². The maximum Gasteiger partial charge on any atom is 0.224 e. The molecule has 21 heavy (non-hydrogen) atoms. The van der Waals surface area contributed by atoms with Gasteiger partial charge in [-0.15, -0.1) is 11.3 Å². The molecule has 1 atom stereocenters. The molecule has 1 aliphatic rings. The second kappa shape index (κ2) is 5.26. The number of rotatable bonds is 3. The van der Waals surface area contributed by atoms with E-state index in [1.54, 1.807) is 17.7 Å². The minimum absolute atomic E-state index is 0.123. The fourth-order valence-corrected chi connectivity index (χ4v) is 3.43. The largest absolute Gasteiger partial charge is 0.364 e. The molecule has 0 spiro atoms. The highest BCUT2D eigenvalue weighted by molar-refractivity contribution is 7.16. The molecule has 1 aliphatic heterocycles. The summed E-state index contributed by atoms with van der Waals surface area (Å²) < 4.78 is 0. The van der Waals surface area contributed by atoms with E-state index in [2.05, 4.69) is 36.1 Å². The van der Waals surface area contributed by atoms with Crippen LogP contribution < -0.4 is 5.32 Å². The molecule has 3 rings (SSSR count). The Kier molecular flexibility index (Phi) is 3.57. The van der Waals surface area contributed by atoms with Gasteiger partial charge < -0.3 is 10.2 Å². The van der Waals surface area contributed by atoms with E-state index < -0.39 is 0 Å². The summed E-state index contributed by atoms with van der Waals surface area (Å²) >= 11 is 1.60. The number of carbonyl (C=O) groups is 1. The van der Waals surface area contributed by atoms with Crippen LogP contribution in [0.25, 0.3) is 10.2 Å². The maximum absolute atomic E-state index is 12.1. The van der Waals surface area contributed by atoms with Crippen LogP contribution in [0, 0.1) is 5.41 Å². The predicted octanol–water partition coefficient (Wildman–Crippen LogP) is 2.75. The normalized spacial score (nSPS) is 19.5. The van der Waals surface area contributed by atoms with Crippen LogP contribution in [0.15, 0.2) is 17.8 Å². The minimum Gasteiger partial charge on any atom is -0.364 e. The van der Waals surface area contributed by atoms with Crippen molar-refractivity contribution in [2.75, 3.05) is 18.4 Å². The van der Waals surface area contributed by atoms with Crippen molar-refractivity contribution in [3.63, 3.8) is 0 Å². The van der Waals surface area contributed by atoms with E-state index in [0.717, 1.165) is 29.1 Å². The fraction of sp³-hybridized carbons (Fsp3) is 0.533. The molecule has 1 fully saturated rings. The van der Waals surface area contributed by atoms with E-state index in [1.165, 1.54) is 0 Å². The highest BCUT2D eigenvalue weighted by Gasteiger charge is 2.32. The third kappa shape index (κ3) is 3.15. The number of thiophene rings is 1. The average molecular weight is 304 g/mol. The van der Waals surface area contributed by atoms with Crippen molar-refractivity contribution in [2.24, 2.45) is 5.41 Å². The lowest BCUT2D eigenvalue weighted by atomic mass is 9.96. The molecule has 2 aromatic heterocycles. The van der Waals surface area contributed by atoms with Crippen LogP contribution in [0.3, 0.4) is 0 Å². The van der Waals surface area contributed by atoms with Crippen LogP contribution >= 0.6 is 11.3 Å². The molecule has 1 saturated heterocycles. The second-order valence-electron chi connectivity index (χ2n) is 6.74. The van der Waals surface area contributed by atoms with E-state index in [0.29, 0.717) is 6.42 Å². The summed E-state index contributed by atoms with van der Waals surface area (Å²) in [5, 5.41) is 6.45. The topological polar surface area (TPSA) is 58.1 Å². The van der Waals surface area contributed by atoms with E-state index in [4.69, 9.17) is 0 Å². The summed E-state index contributed by atoms with van der Waals surface area (Å²) in [4.78, 5) is 23.6. The standard InChI is InChI=1S/C15H20N4OS/c1-15(2,3)8-19-7-10(6-12(19)20)18-13-11-4-5-21-14(11)17-9-16-13/h4-5,9-10H,6-8H2,1-3H3,(H,16,17,18)/t10-/m1/s1. The van der Waals surface area contributed by atoms with Gasteiger partial charge in [0.15, 0.2) is 0 Å². The van der Waals surface area contributed by atoms with Crippen molar-refractivity contribution in [1.29, 1.82) is 0 Å². The molecule has 5 nitrogen and oxygen atoms in total. The van der Waals surface area contributed by atoms with E-state index in [-0.39, 0.29) is 17.4 Å². The van der Waals surface area contributed by atoms with Gasteiger partial charge in [-0.1, -0.05) is 20.8 Å². The van der Waals surface area contributed by atoms with Gasteiger partial charge in [-0.25, -0.2) is 9.97 Å². The van der Waals surface area contributed by atoms with Gasteiger partial charge in [0.05, 0.1) is 11.4 Å². The maximum atomic E-state index is 12.1. The monoisotopic (exact) mass is 304 g/mol. The lowest BCUT2D eigenvalue weighted by Gasteiger charge is -2.26. The first-order chi connectivity index (χ1) is 9.92. The first-order valence-corrected chi connectivity index (χ1v) is 8.03. The highest BCUT2D eigenvalue weighted by atomic mass is 32.1. The predicted molar refractivity (Wildman–Crippen MR) is 85.5 cm³/mol. The van der Waals surface area contributed by atoms with Crippen LogP contribution in [-0.4, -0.2) is 39.9 Å². The zero-order chi connectivity index (χ0) is 15.0. The summed E-state index contributed by atoms with van der Waals surface area (Å²) in [6.07, 6.45) is 2.11. The van der Waals surface area contributed by atoms with Crippen molar-refractivity contribution < 1.29 is 4.79 Å². The first-order valence-electron chi connectivity index (χ1n) is 7.15. The van der Waals surface area contributed by atoms with Crippen LogP contribution in [0.5, 0.6) is 0 Å². The molecule has 3 heterocycles. The molecule has 6 heteroatoms. The fourth-order valence-electron chi connectivity index (χ4n) is 2.69. The molecule has 1 amide bonds. The number of hydrogen-bond donors (Lipinski definition) is 1. The number of aromatic nitrogens is 2. The Bertz CT molecular complexity index is 661. The Morgan fingerprint density at radius 3 is 3.00 bits per heavy atom. The highest BCUT2D eigenvalue weighted by Crippen LogP contribution is 2.26. The molecule has 1 N–H and O–H groups in total. The zero-order valence-electron chi connectivity index (χ0n) is 12.6. The van der Waals surface area contributed by atoms with E-state index >= 15 is 0 Å². The summed E-state index contributed by atoms with van der Waals surface area (Å²) in [6, 6.07) is 2.14. The van der Waals surface area contributed by atoms with Gasteiger partial charge in [0.1, 0.15) is 17.0 Å². The Balaban J connectivity index is 1.72. The minimum atomic E-state index is 0.123. The molecule has 112 valence electrons. The van der Waals surface area contributed by atoms with Gasteiger partial charge in [-0.05, 0) is 16.9 Å². The number of nitrogens with one attached hydrogen (secondary N) is 1. The SMILES string of the molecule is CC(C)(C)CN1C[C@H](Nc2ncnc3sccc23)CC1=O. The quantitative estimate of drug-likeness (QED) is 0.947. The molecule has 0 unspecified atom stereocenters. The van der Waals surface area contributed by atoms with Crippen molar-refractivity contribution in [1.82, 2.24) is 14.9 Å². The lowest BCUT2D eigenvalue weighted by molar-refractivity contribution is -0.128. The van der Waals surface area contributed by atoms with Gasteiger partial charge in [0.25, 0.3) is 0 Å². The Morgan fingerprint density at radius 2 is 2.24 bits per heavy atom. The number of fused-ring (bicyclic) bond motifs is 1. The number of carbonyl (C=O) groups excluding carboxylic acids is 1. The van der Waals surface area contributed by atoms with Crippen LogP contribution in [0.1, 0.15) is 27.2 Å². The van der Waals surface area contributed by atoms with Gasteiger partial charge in [0.2, 0.25) is 5.91 Å². The van der Waals surface area contributed by atoms with Gasteiger partial charge >= 0.3 is 0 Å². The van der Waals surface area contributed by atoms with Crippen molar-refractivity contribution in [2.45, 2.75) is 33.2 Å². The lowest BCUT2D eigenvalue weighted by Crippen LogP contribution is -2.35. The smallest absolute Gasteiger partial charge is 0.224 e. The summed E-state index contributed by atoms with van der Waals surface area (Å²) in [5.41, 5.74) is 0.125. The van der Waals surface area contributed by atoms with Crippen LogP contribution in [-0.2, 0) is 4.79 Å². The van der Waals surface area contributed by atoms with Gasteiger partial charge in [-0.3, -0.25) is 4.79 Å².